The molecule has 0 bridgehead atoms. The number of anilines is 1. The number of alkyl halides is 3. The molecule has 0 unspecified atom stereocenters. The van der Waals surface area contributed by atoms with Crippen LogP contribution in [-0.2, 0) is 0 Å². The number of nitrogens with one attached hydrogen (secondary N) is 1. The number of carbonyl (C=O) groups is 1. The fourth-order valence-electron chi connectivity index (χ4n) is 6.08. The van der Waals surface area contributed by atoms with Crippen molar-refractivity contribution in [3.8, 4) is 11.1 Å². The summed E-state index contributed by atoms with van der Waals surface area (Å²) in [5.74, 6) is 0.420. The second kappa shape index (κ2) is 11.3. The maximum Gasteiger partial charge on any atom is 0.395 e. The average Bonchev–Trinajstić information content (AvgIpc) is 2.89. The van der Waals surface area contributed by atoms with Gasteiger partial charge in [-0.15, -0.1) is 0 Å². The van der Waals surface area contributed by atoms with Gasteiger partial charge in [0.1, 0.15) is 0 Å². The predicted molar refractivity (Wildman–Crippen MR) is 143 cm³/mol. The van der Waals surface area contributed by atoms with Crippen LogP contribution in [0.4, 0.5) is 18.9 Å². The number of piperidine rings is 2. The Labute approximate surface area is 223 Å². The number of aliphatic hydroxyl groups is 1. The number of nitrogens with zero attached hydrogens (tertiary/aromatic N) is 2. The highest BCUT2D eigenvalue weighted by Crippen LogP contribution is 2.53. The standard InChI is InChI=1S/C30H38F3N3O2/c31-30(32,33)29(14-2-15-29)21-35-17-12-22(13-18-35)19-34-26-10-8-24(9-11-26)23-4-6-25(7-5-23)28(38)36-16-1-3-27(37)20-36/h4-11,22,27,34,37H,1-3,12-21H2/t27-/m1/s1. The zero-order valence-electron chi connectivity index (χ0n) is 21.8. The van der Waals surface area contributed by atoms with Crippen molar-refractivity contribution in [3.63, 3.8) is 0 Å². The molecule has 2 aliphatic heterocycles. The molecule has 8 heteroatoms. The highest BCUT2D eigenvalue weighted by atomic mass is 19.4. The molecule has 0 spiro atoms. The van der Waals surface area contributed by atoms with Crippen molar-refractivity contribution in [1.82, 2.24) is 9.80 Å². The Hall–Kier alpha value is -2.58. The molecule has 0 radical (unpaired) electrons. The highest BCUT2D eigenvalue weighted by Gasteiger charge is 2.58. The van der Waals surface area contributed by atoms with Crippen molar-refractivity contribution in [2.45, 2.75) is 57.2 Å². The molecule has 38 heavy (non-hydrogen) atoms. The largest absolute Gasteiger partial charge is 0.395 e. The first-order valence-electron chi connectivity index (χ1n) is 13.9. The lowest BCUT2D eigenvalue weighted by Gasteiger charge is -2.47. The lowest BCUT2D eigenvalue weighted by Crippen LogP contribution is -2.53. The molecule has 1 amide bonds. The van der Waals surface area contributed by atoms with Crippen LogP contribution in [0.5, 0.6) is 0 Å². The fourth-order valence-corrected chi connectivity index (χ4v) is 6.08. The number of rotatable bonds is 7. The monoisotopic (exact) mass is 529 g/mol. The van der Waals surface area contributed by atoms with Crippen LogP contribution in [0.2, 0.25) is 0 Å². The summed E-state index contributed by atoms with van der Waals surface area (Å²) in [7, 11) is 0. The Morgan fingerprint density at radius 2 is 1.55 bits per heavy atom. The molecule has 1 atom stereocenters. The lowest BCUT2D eigenvalue weighted by atomic mass is 9.67. The van der Waals surface area contributed by atoms with E-state index in [4.69, 9.17) is 0 Å². The van der Waals surface area contributed by atoms with Gasteiger partial charge in [0.05, 0.1) is 11.5 Å². The first-order valence-corrected chi connectivity index (χ1v) is 13.9. The first-order chi connectivity index (χ1) is 18.2. The van der Waals surface area contributed by atoms with Gasteiger partial charge in [0, 0.05) is 37.4 Å². The molecular formula is C30H38F3N3O2. The van der Waals surface area contributed by atoms with Gasteiger partial charge in [0.15, 0.2) is 0 Å². The molecule has 2 aromatic rings. The smallest absolute Gasteiger partial charge is 0.391 e. The minimum Gasteiger partial charge on any atom is -0.391 e. The van der Waals surface area contributed by atoms with Crippen molar-refractivity contribution in [2.75, 3.05) is 44.6 Å². The minimum atomic E-state index is -4.09. The van der Waals surface area contributed by atoms with Crippen molar-refractivity contribution in [3.05, 3.63) is 54.1 Å². The molecule has 0 aromatic heterocycles. The number of amides is 1. The number of β-amino-alcohol motifs (C(OH)–C–C–N with tert-alkyl or cyclic N) is 1. The number of benzene rings is 2. The number of hydrogen-bond acceptors (Lipinski definition) is 4. The van der Waals surface area contributed by atoms with E-state index in [0.29, 0.717) is 31.0 Å². The van der Waals surface area contributed by atoms with Gasteiger partial charge < -0.3 is 20.2 Å². The van der Waals surface area contributed by atoms with Gasteiger partial charge in [-0.05, 0) is 92.9 Å². The summed E-state index contributed by atoms with van der Waals surface area (Å²) in [4.78, 5) is 16.5. The predicted octanol–water partition coefficient (Wildman–Crippen LogP) is 5.81. The van der Waals surface area contributed by atoms with Crippen LogP contribution in [0.15, 0.2) is 48.5 Å². The van der Waals surface area contributed by atoms with E-state index in [1.54, 1.807) is 4.90 Å². The summed E-state index contributed by atoms with van der Waals surface area (Å²) in [5.41, 5.74) is 2.28. The van der Waals surface area contributed by atoms with Crippen LogP contribution in [-0.4, -0.2) is 72.4 Å². The second-order valence-corrected chi connectivity index (χ2v) is 11.4. The Morgan fingerprint density at radius 1 is 0.921 bits per heavy atom. The van der Waals surface area contributed by atoms with Gasteiger partial charge >= 0.3 is 6.18 Å². The summed E-state index contributed by atoms with van der Waals surface area (Å²) in [6.45, 7) is 3.53. The zero-order chi connectivity index (χ0) is 26.8. The fraction of sp³-hybridized carbons (Fsp3) is 0.567. The van der Waals surface area contributed by atoms with Crippen LogP contribution in [0.3, 0.4) is 0 Å². The van der Waals surface area contributed by atoms with E-state index in [-0.39, 0.29) is 25.3 Å². The number of likely N-dealkylation sites (tertiary alicyclic amines) is 2. The molecule has 1 aliphatic carbocycles. The molecule has 206 valence electrons. The maximum absolute atomic E-state index is 13.5. The van der Waals surface area contributed by atoms with Gasteiger partial charge in [0.2, 0.25) is 0 Å². The first kappa shape index (κ1) is 27.0. The Bertz CT molecular complexity index is 1080. The van der Waals surface area contributed by atoms with E-state index in [1.807, 2.05) is 41.3 Å². The van der Waals surface area contributed by atoms with Crippen molar-refractivity contribution < 1.29 is 23.1 Å². The van der Waals surface area contributed by atoms with E-state index in [9.17, 15) is 23.1 Å². The minimum absolute atomic E-state index is 0.0384. The summed E-state index contributed by atoms with van der Waals surface area (Å²) in [6.07, 6.45) is 0.128. The highest BCUT2D eigenvalue weighted by molar-refractivity contribution is 5.94. The third-order valence-electron chi connectivity index (χ3n) is 8.77. The van der Waals surface area contributed by atoms with Gasteiger partial charge in [0.25, 0.3) is 5.91 Å². The molecule has 2 N–H and O–H groups in total. The lowest BCUT2D eigenvalue weighted by molar-refractivity contribution is -0.256. The van der Waals surface area contributed by atoms with Crippen molar-refractivity contribution >= 4 is 11.6 Å². The van der Waals surface area contributed by atoms with Gasteiger partial charge in [-0.3, -0.25) is 4.79 Å². The third-order valence-corrected chi connectivity index (χ3v) is 8.77. The third kappa shape index (κ3) is 6.01. The second-order valence-electron chi connectivity index (χ2n) is 11.4. The van der Waals surface area contributed by atoms with Gasteiger partial charge in [-0.25, -0.2) is 0 Å². The van der Waals surface area contributed by atoms with Crippen molar-refractivity contribution in [2.24, 2.45) is 11.3 Å². The Kier molecular flexibility index (Phi) is 8.00. The van der Waals surface area contributed by atoms with Crippen LogP contribution >= 0.6 is 0 Å². The summed E-state index contributed by atoms with van der Waals surface area (Å²) in [6, 6.07) is 15.8. The van der Waals surface area contributed by atoms with Crippen LogP contribution < -0.4 is 5.32 Å². The molecule has 2 saturated heterocycles. The van der Waals surface area contributed by atoms with Crippen LogP contribution in [0.1, 0.15) is 55.3 Å². The van der Waals surface area contributed by atoms with Crippen molar-refractivity contribution in [1.29, 1.82) is 0 Å². The van der Waals surface area contributed by atoms with Gasteiger partial charge in [-0.1, -0.05) is 30.7 Å². The SMILES string of the molecule is O=C(c1ccc(-c2ccc(NCC3CCN(CC4(C(F)(F)F)CCC4)CC3)cc2)cc1)N1CCC[C@@H](O)C1. The number of carbonyl (C=O) groups excluding carboxylic acids is 1. The normalized spacial score (nSPS) is 22.6. The number of aliphatic hydroxyl groups excluding tert-OH is 1. The molecule has 3 fully saturated rings. The molecule has 2 aromatic carbocycles. The number of halogens is 3. The zero-order valence-corrected chi connectivity index (χ0v) is 21.8. The molecule has 5 rings (SSSR count). The molecular weight excluding hydrogens is 491 g/mol. The quantitative estimate of drug-likeness (QED) is 0.476. The van der Waals surface area contributed by atoms with E-state index >= 15 is 0 Å². The van der Waals surface area contributed by atoms with E-state index in [2.05, 4.69) is 17.4 Å². The van der Waals surface area contributed by atoms with Gasteiger partial charge in [-0.2, -0.15) is 13.2 Å². The Morgan fingerprint density at radius 3 is 2.11 bits per heavy atom. The summed E-state index contributed by atoms with van der Waals surface area (Å²) in [5, 5.41) is 13.3. The average molecular weight is 530 g/mol. The number of hydrogen-bond donors (Lipinski definition) is 2. The summed E-state index contributed by atoms with van der Waals surface area (Å²) >= 11 is 0. The Balaban J connectivity index is 1.08. The summed E-state index contributed by atoms with van der Waals surface area (Å²) < 4.78 is 40.5. The molecule has 3 aliphatic rings. The van der Waals surface area contributed by atoms with E-state index in [0.717, 1.165) is 62.1 Å². The van der Waals surface area contributed by atoms with Crippen LogP contribution in [0.25, 0.3) is 11.1 Å². The maximum atomic E-state index is 13.5. The molecule has 1 saturated carbocycles. The molecule has 2 heterocycles. The van der Waals surface area contributed by atoms with E-state index in [1.165, 1.54) is 0 Å². The van der Waals surface area contributed by atoms with Crippen LogP contribution in [0, 0.1) is 11.3 Å². The topological polar surface area (TPSA) is 55.8 Å². The molecule has 5 nitrogen and oxygen atoms in total. The van der Waals surface area contributed by atoms with E-state index < -0.39 is 17.7 Å².